The number of benzene rings is 2. The van der Waals surface area contributed by atoms with Crippen molar-refractivity contribution < 1.29 is 27.1 Å². The van der Waals surface area contributed by atoms with Crippen LogP contribution in [0.2, 0.25) is 0 Å². The van der Waals surface area contributed by atoms with Gasteiger partial charge in [0.25, 0.3) is 0 Å². The minimum absolute atomic E-state index is 0.0382. The number of halogens is 1. The molecule has 1 N–H and O–H groups in total. The second kappa shape index (κ2) is 14.0. The topological polar surface area (TPSA) is 96.0 Å². The normalized spacial score (nSPS) is 12.9. The first-order valence-electron chi connectivity index (χ1n) is 12.5. The van der Waals surface area contributed by atoms with E-state index in [0.717, 1.165) is 12.7 Å². The first-order valence-corrected chi connectivity index (χ1v) is 14.3. The zero-order valence-corrected chi connectivity index (χ0v) is 23.1. The molecule has 2 aromatic rings. The number of hydrogen-bond acceptors (Lipinski definition) is 5. The summed E-state index contributed by atoms with van der Waals surface area (Å²) in [5.74, 6) is -0.311. The molecule has 37 heavy (non-hydrogen) atoms. The first-order chi connectivity index (χ1) is 17.5. The molecule has 0 aliphatic carbocycles. The number of anilines is 1. The molecule has 0 saturated heterocycles. The van der Waals surface area contributed by atoms with Crippen LogP contribution in [0.3, 0.4) is 0 Å². The molecule has 10 heteroatoms. The predicted octanol–water partition coefficient (Wildman–Crippen LogP) is 4.10. The highest BCUT2D eigenvalue weighted by molar-refractivity contribution is 7.92. The number of nitrogens with one attached hydrogen (secondary N) is 1. The van der Waals surface area contributed by atoms with Crippen molar-refractivity contribution in [2.24, 2.45) is 0 Å². The zero-order chi connectivity index (χ0) is 27.6. The third-order valence-electron chi connectivity index (χ3n) is 6.17. The maximum Gasteiger partial charge on any atom is 0.243 e. The van der Waals surface area contributed by atoms with Gasteiger partial charge < -0.3 is 15.0 Å². The zero-order valence-electron chi connectivity index (χ0n) is 22.2. The van der Waals surface area contributed by atoms with E-state index in [2.05, 4.69) is 5.32 Å². The van der Waals surface area contributed by atoms with E-state index in [-0.39, 0.29) is 49.6 Å². The van der Waals surface area contributed by atoms with Gasteiger partial charge in [0, 0.05) is 25.6 Å². The Labute approximate surface area is 219 Å². The summed E-state index contributed by atoms with van der Waals surface area (Å²) in [4.78, 5) is 27.9. The third kappa shape index (κ3) is 9.03. The highest BCUT2D eigenvalue weighted by atomic mass is 32.2. The van der Waals surface area contributed by atoms with E-state index < -0.39 is 16.1 Å². The third-order valence-corrected chi connectivity index (χ3v) is 7.36. The van der Waals surface area contributed by atoms with Crippen molar-refractivity contribution in [3.05, 3.63) is 59.9 Å². The molecule has 2 amide bonds. The Morgan fingerprint density at radius 1 is 1.03 bits per heavy atom. The van der Waals surface area contributed by atoms with Crippen molar-refractivity contribution in [2.75, 3.05) is 24.2 Å². The molecule has 2 atom stereocenters. The molecule has 0 aromatic heterocycles. The van der Waals surface area contributed by atoms with Crippen molar-refractivity contribution in [3.63, 3.8) is 0 Å². The van der Waals surface area contributed by atoms with Crippen LogP contribution >= 0.6 is 0 Å². The van der Waals surface area contributed by atoms with Gasteiger partial charge in [0.05, 0.1) is 19.1 Å². The maximum absolute atomic E-state index is 13.4. The van der Waals surface area contributed by atoms with Crippen molar-refractivity contribution in [1.82, 2.24) is 10.2 Å². The molecular weight excluding hydrogens is 497 g/mol. The van der Waals surface area contributed by atoms with E-state index in [1.165, 1.54) is 28.4 Å². The fraction of sp³-hybridized carbons (Fsp3) is 0.481. The number of carbonyl (C=O) groups excluding carboxylic acids is 2. The van der Waals surface area contributed by atoms with Crippen LogP contribution in [0.25, 0.3) is 0 Å². The van der Waals surface area contributed by atoms with Gasteiger partial charge in [-0.15, -0.1) is 0 Å². The summed E-state index contributed by atoms with van der Waals surface area (Å²) in [6.07, 6.45) is 2.56. The Kier molecular flexibility index (Phi) is 11.4. The molecule has 0 unspecified atom stereocenters. The molecule has 8 nitrogen and oxygen atoms in total. The maximum atomic E-state index is 13.4. The van der Waals surface area contributed by atoms with Gasteiger partial charge in [-0.05, 0) is 68.1 Å². The minimum Gasteiger partial charge on any atom is -0.497 e. The average Bonchev–Trinajstić information content (AvgIpc) is 2.86. The summed E-state index contributed by atoms with van der Waals surface area (Å²) in [6, 6.07) is 11.7. The fourth-order valence-electron chi connectivity index (χ4n) is 3.90. The summed E-state index contributed by atoms with van der Waals surface area (Å²) >= 11 is 0. The molecule has 0 bridgehead atoms. The second-order valence-electron chi connectivity index (χ2n) is 9.03. The van der Waals surface area contributed by atoms with Gasteiger partial charge in [0.15, 0.2) is 0 Å². The second-order valence-corrected chi connectivity index (χ2v) is 10.9. The summed E-state index contributed by atoms with van der Waals surface area (Å²) < 4.78 is 44.7. The summed E-state index contributed by atoms with van der Waals surface area (Å²) in [5.41, 5.74) is 1.17. The Morgan fingerprint density at radius 2 is 1.65 bits per heavy atom. The monoisotopic (exact) mass is 535 g/mol. The van der Waals surface area contributed by atoms with E-state index in [1.807, 2.05) is 20.8 Å². The van der Waals surface area contributed by atoms with Gasteiger partial charge in [0.2, 0.25) is 21.8 Å². The summed E-state index contributed by atoms with van der Waals surface area (Å²) in [5, 5.41) is 2.95. The highest BCUT2D eigenvalue weighted by Crippen LogP contribution is 2.22. The van der Waals surface area contributed by atoms with E-state index in [9.17, 15) is 22.4 Å². The average molecular weight is 536 g/mol. The van der Waals surface area contributed by atoms with E-state index in [0.29, 0.717) is 23.4 Å². The lowest BCUT2D eigenvalue weighted by atomic mass is 10.1. The standard InChI is InChI=1S/C27H38FN3O5S/c1-6-20(3)29-27(33)25(7-2)30(19-21-10-12-22(28)13-11-21)26(32)9-8-18-31(37(5,34)35)23-14-16-24(36-4)17-15-23/h10-17,20,25H,6-9,18-19H2,1-5H3,(H,29,33)/t20-,25+/m0/s1. The molecule has 0 saturated carbocycles. The largest absolute Gasteiger partial charge is 0.497 e. The molecule has 0 heterocycles. The van der Waals surface area contributed by atoms with Gasteiger partial charge in [-0.3, -0.25) is 13.9 Å². The fourth-order valence-corrected chi connectivity index (χ4v) is 4.86. The van der Waals surface area contributed by atoms with Gasteiger partial charge in [-0.2, -0.15) is 0 Å². The number of amides is 2. The minimum atomic E-state index is -3.59. The summed E-state index contributed by atoms with van der Waals surface area (Å²) in [7, 11) is -2.06. The van der Waals surface area contributed by atoms with Crippen molar-refractivity contribution in [3.8, 4) is 5.75 Å². The Hall–Kier alpha value is -3.14. The van der Waals surface area contributed by atoms with Gasteiger partial charge in [-0.1, -0.05) is 26.0 Å². The molecular formula is C27H38FN3O5S. The molecule has 0 fully saturated rings. The van der Waals surface area contributed by atoms with Crippen molar-refractivity contribution in [2.45, 2.75) is 65.1 Å². The summed E-state index contributed by atoms with van der Waals surface area (Å²) in [6.45, 7) is 5.93. The number of ether oxygens (including phenoxy) is 1. The Bertz CT molecular complexity index is 1120. The quantitative estimate of drug-likeness (QED) is 0.393. The van der Waals surface area contributed by atoms with Crippen LogP contribution < -0.4 is 14.4 Å². The number of carbonyl (C=O) groups is 2. The molecule has 0 spiro atoms. The van der Waals surface area contributed by atoms with E-state index in [4.69, 9.17) is 4.74 Å². The van der Waals surface area contributed by atoms with Gasteiger partial charge in [0.1, 0.15) is 17.6 Å². The van der Waals surface area contributed by atoms with Crippen LogP contribution in [-0.2, 0) is 26.2 Å². The van der Waals surface area contributed by atoms with Crippen LogP contribution in [0, 0.1) is 5.82 Å². The van der Waals surface area contributed by atoms with Crippen LogP contribution in [0.15, 0.2) is 48.5 Å². The van der Waals surface area contributed by atoms with E-state index in [1.54, 1.807) is 36.4 Å². The molecule has 2 aromatic carbocycles. The lowest BCUT2D eigenvalue weighted by Gasteiger charge is -2.32. The Balaban J connectivity index is 2.21. The smallest absolute Gasteiger partial charge is 0.243 e. The van der Waals surface area contributed by atoms with Crippen molar-refractivity contribution in [1.29, 1.82) is 0 Å². The molecule has 0 aliphatic rings. The predicted molar refractivity (Wildman–Crippen MR) is 143 cm³/mol. The lowest BCUT2D eigenvalue weighted by molar-refractivity contribution is -0.141. The SMILES string of the molecule is CC[C@H](C(=O)N[C@@H](C)CC)N(Cc1ccc(F)cc1)C(=O)CCCN(c1ccc(OC)cc1)S(C)(=O)=O. The first kappa shape index (κ1) is 30.1. The van der Waals surface area contributed by atoms with Gasteiger partial charge >= 0.3 is 0 Å². The lowest BCUT2D eigenvalue weighted by Crippen LogP contribution is -2.50. The van der Waals surface area contributed by atoms with Crippen LogP contribution in [-0.4, -0.2) is 57.1 Å². The van der Waals surface area contributed by atoms with E-state index >= 15 is 0 Å². The highest BCUT2D eigenvalue weighted by Gasteiger charge is 2.29. The Morgan fingerprint density at radius 3 is 2.16 bits per heavy atom. The van der Waals surface area contributed by atoms with Gasteiger partial charge in [-0.25, -0.2) is 12.8 Å². The number of sulfonamides is 1. The molecule has 0 radical (unpaired) electrons. The molecule has 2 rings (SSSR count). The van der Waals surface area contributed by atoms with Crippen LogP contribution in [0.5, 0.6) is 5.75 Å². The molecule has 204 valence electrons. The van der Waals surface area contributed by atoms with Crippen LogP contribution in [0.4, 0.5) is 10.1 Å². The number of methoxy groups -OCH3 is 1. The number of rotatable bonds is 14. The molecule has 0 aliphatic heterocycles. The number of hydrogen-bond donors (Lipinski definition) is 1. The van der Waals surface area contributed by atoms with Crippen molar-refractivity contribution >= 4 is 27.5 Å². The number of nitrogens with zero attached hydrogens (tertiary/aromatic N) is 2. The van der Waals surface area contributed by atoms with Crippen LogP contribution in [0.1, 0.15) is 52.0 Å².